The Balaban J connectivity index is 1.12. The van der Waals surface area contributed by atoms with E-state index >= 15 is 0 Å². The molecule has 0 aliphatic heterocycles. The van der Waals surface area contributed by atoms with Crippen LogP contribution in [-0.4, -0.2) is 24.1 Å². The molecule has 0 spiro atoms. The van der Waals surface area contributed by atoms with Gasteiger partial charge in [-0.25, -0.2) is 15.0 Å². The van der Waals surface area contributed by atoms with Gasteiger partial charge in [0.1, 0.15) is 11.2 Å². The third-order valence-corrected chi connectivity index (χ3v) is 11.9. The summed E-state index contributed by atoms with van der Waals surface area (Å²) in [4.78, 5) is 15.6. The van der Waals surface area contributed by atoms with Crippen LogP contribution in [0, 0.1) is 0 Å². The molecule has 4 aromatic heterocycles. The van der Waals surface area contributed by atoms with Gasteiger partial charge in [0.25, 0.3) is 0 Å². The Morgan fingerprint density at radius 2 is 1.02 bits per heavy atom. The molecule has 6 nitrogen and oxygen atoms in total. The maximum atomic E-state index is 9.40. The molecule has 63 heavy (non-hydrogen) atoms. The first-order chi connectivity index (χ1) is 33.7. The van der Waals surface area contributed by atoms with Crippen molar-refractivity contribution in [1.29, 1.82) is 0 Å². The molecule has 294 valence electrons. The minimum absolute atomic E-state index is 0.0763. The van der Waals surface area contributed by atoms with Crippen molar-refractivity contribution in [2.75, 3.05) is 0 Å². The van der Waals surface area contributed by atoms with Gasteiger partial charge >= 0.3 is 0 Å². The first-order valence-electron chi connectivity index (χ1n) is 23.7. The lowest BCUT2D eigenvalue weighted by atomic mass is 9.99. The Morgan fingerprint density at radius 3 is 1.81 bits per heavy atom. The fourth-order valence-corrected chi connectivity index (χ4v) is 9.11. The zero-order valence-corrected chi connectivity index (χ0v) is 33.4. The van der Waals surface area contributed by atoms with Gasteiger partial charge in [-0.3, -0.25) is 0 Å². The molecule has 0 bridgehead atoms. The van der Waals surface area contributed by atoms with Gasteiger partial charge in [0.2, 0.25) is 0 Å². The summed E-state index contributed by atoms with van der Waals surface area (Å²) in [6, 6.07) is 56.0. The molecule has 0 radical (unpaired) electrons. The van der Waals surface area contributed by atoms with Gasteiger partial charge < -0.3 is 13.6 Å². The molecule has 4 heterocycles. The predicted octanol–water partition coefficient (Wildman–Crippen LogP) is 14.6. The predicted molar refractivity (Wildman–Crippen MR) is 258 cm³/mol. The number of aromatic nitrogens is 5. The first kappa shape index (κ1) is 29.6. The van der Waals surface area contributed by atoms with Gasteiger partial charge in [-0.15, -0.1) is 0 Å². The molecule has 0 saturated heterocycles. The van der Waals surface area contributed by atoms with Crippen molar-refractivity contribution in [3.05, 3.63) is 212 Å². The standard InChI is InChI=1S/C57H35N5O/c1-3-16-36(17-4-1)55-58-56(38-31-33-51-47(34-38)43-22-9-11-26-48(43)61(51)39-18-5-2-6-19-39)60-57(59-55)46-32-30-37(40-24-15-25-45-44-23-10-14-29-53(44)63-54(40)45)35-52(46)62-49-27-12-7-20-41(49)42-21-8-13-28-50(42)62/h1-35H/i7D,8D,20D,21D,27D,28D. The Bertz CT molecular complexity index is 4210. The summed E-state index contributed by atoms with van der Waals surface area (Å²) in [7, 11) is 0. The zero-order valence-electron chi connectivity index (χ0n) is 39.4. The minimum Gasteiger partial charge on any atom is -0.455 e. The summed E-state index contributed by atoms with van der Waals surface area (Å²) in [6.07, 6.45) is 0. The molecule has 9 aromatic carbocycles. The van der Waals surface area contributed by atoms with Crippen LogP contribution in [0.5, 0.6) is 0 Å². The summed E-state index contributed by atoms with van der Waals surface area (Å²) in [5, 5.41) is 4.31. The molecule has 0 aliphatic rings. The van der Waals surface area contributed by atoms with Crippen LogP contribution in [0.3, 0.4) is 0 Å². The number of hydrogen-bond donors (Lipinski definition) is 0. The van der Waals surface area contributed by atoms with E-state index < -0.39 is 0 Å². The molecule has 13 rings (SSSR count). The number of benzene rings is 9. The summed E-state index contributed by atoms with van der Waals surface area (Å²) in [5.74, 6) is 1.14. The van der Waals surface area contributed by atoms with Crippen molar-refractivity contribution in [2.24, 2.45) is 0 Å². The van der Waals surface area contributed by atoms with Crippen molar-refractivity contribution in [1.82, 2.24) is 24.1 Å². The van der Waals surface area contributed by atoms with Crippen LogP contribution in [-0.2, 0) is 0 Å². The third-order valence-electron chi connectivity index (χ3n) is 11.9. The quantitative estimate of drug-likeness (QED) is 0.168. The number of hydrogen-bond acceptors (Lipinski definition) is 4. The summed E-state index contributed by atoms with van der Waals surface area (Å²) >= 11 is 0. The van der Waals surface area contributed by atoms with E-state index in [-0.39, 0.29) is 58.1 Å². The Morgan fingerprint density at radius 1 is 0.381 bits per heavy atom. The SMILES string of the molecule is [2H]c1cc([2H])c2c(c1[2H])c1c([2H])c([2H])cc([2H])c1n2-c1cc(-c2cccc3c2oc2ccccc23)ccc1-c1nc(-c2ccccc2)nc(-c2ccc3c(c2)c2ccccc2n3-c2ccccc2)n1. The molecule has 0 saturated carbocycles. The van der Waals surface area contributed by atoms with Gasteiger partial charge in [0.15, 0.2) is 17.5 Å². The summed E-state index contributed by atoms with van der Waals surface area (Å²) < 4.78 is 65.1. The Hall–Kier alpha value is -8.61. The average Bonchev–Trinajstić information content (AvgIpc) is 4.06. The molecule has 0 amide bonds. The second-order valence-corrected chi connectivity index (χ2v) is 15.5. The number of furan rings is 1. The van der Waals surface area contributed by atoms with E-state index in [9.17, 15) is 5.48 Å². The van der Waals surface area contributed by atoms with E-state index in [4.69, 9.17) is 22.1 Å². The summed E-state index contributed by atoms with van der Waals surface area (Å²) in [6.45, 7) is 0. The van der Waals surface area contributed by atoms with Crippen LogP contribution in [0.15, 0.2) is 217 Å². The molecule has 13 aromatic rings. The maximum absolute atomic E-state index is 9.40. The Labute approximate surface area is 370 Å². The lowest BCUT2D eigenvalue weighted by molar-refractivity contribution is 0.670. The molecular weight excluding hydrogens is 771 g/mol. The lowest BCUT2D eigenvalue weighted by Gasteiger charge is -2.16. The number of rotatable bonds is 6. The van der Waals surface area contributed by atoms with Gasteiger partial charge in [-0.05, 0) is 72.2 Å². The van der Waals surface area contributed by atoms with Gasteiger partial charge in [0, 0.05) is 60.3 Å². The highest BCUT2D eigenvalue weighted by atomic mass is 16.3. The molecule has 6 heteroatoms. The van der Waals surface area contributed by atoms with E-state index in [0.29, 0.717) is 34.3 Å². The van der Waals surface area contributed by atoms with Crippen molar-refractivity contribution >= 4 is 65.6 Å². The third kappa shape index (κ3) is 5.55. The monoisotopic (exact) mass is 811 g/mol. The molecule has 0 N–H and O–H groups in total. The average molecular weight is 812 g/mol. The first-order valence-corrected chi connectivity index (χ1v) is 20.7. The van der Waals surface area contributed by atoms with E-state index in [1.807, 2.05) is 127 Å². The van der Waals surface area contributed by atoms with Gasteiger partial charge in [-0.1, -0.05) is 145 Å². The zero-order chi connectivity index (χ0) is 46.7. The minimum atomic E-state index is -0.203. The lowest BCUT2D eigenvalue weighted by Crippen LogP contribution is -2.04. The highest BCUT2D eigenvalue weighted by Gasteiger charge is 2.22. The smallest absolute Gasteiger partial charge is 0.166 e. The molecular formula is C57H35N5O. The summed E-state index contributed by atoms with van der Waals surface area (Å²) in [5.41, 5.74) is 9.03. The van der Waals surface area contributed by atoms with Crippen LogP contribution in [0.1, 0.15) is 8.22 Å². The van der Waals surface area contributed by atoms with Crippen LogP contribution in [0.25, 0.3) is 122 Å². The molecule has 0 aliphatic carbocycles. The normalized spacial score (nSPS) is 13.1. The van der Waals surface area contributed by atoms with Crippen LogP contribution < -0.4 is 0 Å². The van der Waals surface area contributed by atoms with E-state index in [0.717, 1.165) is 66.1 Å². The fraction of sp³-hybridized carbons (Fsp3) is 0. The second-order valence-electron chi connectivity index (χ2n) is 15.5. The van der Waals surface area contributed by atoms with Crippen molar-refractivity contribution in [2.45, 2.75) is 0 Å². The van der Waals surface area contributed by atoms with Crippen LogP contribution >= 0.6 is 0 Å². The van der Waals surface area contributed by atoms with E-state index in [1.165, 1.54) is 12.1 Å². The van der Waals surface area contributed by atoms with Crippen molar-refractivity contribution in [3.63, 3.8) is 0 Å². The molecule has 0 atom stereocenters. The van der Waals surface area contributed by atoms with Crippen LogP contribution in [0.2, 0.25) is 0 Å². The number of fused-ring (bicyclic) bond motifs is 9. The number of para-hydroxylation sites is 6. The highest BCUT2D eigenvalue weighted by molar-refractivity contribution is 6.12. The topological polar surface area (TPSA) is 61.7 Å². The van der Waals surface area contributed by atoms with E-state index in [1.54, 1.807) is 4.57 Å². The van der Waals surface area contributed by atoms with Crippen molar-refractivity contribution in [3.8, 4) is 56.7 Å². The second kappa shape index (κ2) is 14.0. The number of nitrogens with zero attached hydrogens (tertiary/aromatic N) is 5. The largest absolute Gasteiger partial charge is 0.455 e. The Kier molecular flexibility index (Phi) is 6.56. The van der Waals surface area contributed by atoms with Gasteiger partial charge in [0.05, 0.1) is 36.0 Å². The van der Waals surface area contributed by atoms with Crippen LogP contribution in [0.4, 0.5) is 0 Å². The van der Waals surface area contributed by atoms with Gasteiger partial charge in [-0.2, -0.15) is 0 Å². The molecule has 0 fully saturated rings. The fourth-order valence-electron chi connectivity index (χ4n) is 9.11. The maximum Gasteiger partial charge on any atom is 0.166 e. The van der Waals surface area contributed by atoms with Crippen molar-refractivity contribution < 1.29 is 12.6 Å². The highest BCUT2D eigenvalue weighted by Crippen LogP contribution is 2.42. The molecule has 0 unspecified atom stereocenters. The van der Waals surface area contributed by atoms with E-state index in [2.05, 4.69) is 41.0 Å².